The summed E-state index contributed by atoms with van der Waals surface area (Å²) in [6.07, 6.45) is -1.38. The smallest absolute Gasteiger partial charge is 0.408 e. The van der Waals surface area contributed by atoms with Gasteiger partial charge in [-0.1, -0.05) is 105 Å². The van der Waals surface area contributed by atoms with Crippen LogP contribution in [0.25, 0.3) is 11.1 Å². The van der Waals surface area contributed by atoms with Crippen molar-refractivity contribution in [2.45, 2.75) is 139 Å². The Labute approximate surface area is 463 Å². The van der Waals surface area contributed by atoms with Crippen molar-refractivity contribution in [2.24, 2.45) is 11.8 Å². The standard InChI is InChI=1S/C59H76N6O13S/c1-38(2)34-64(35-51(66)49(32-39-16-7-6-8-17-39)63-57(70)77-52-37-75-55-46(52)28-31-74-55)79(72,73)41-26-24-40(25-27-41)33-61-53(67)50-23-15-30-65(50)54(68)48(62-58(71)78-59(3,4)5)22-13-14-29-60-56(69)76-36-47-44-20-11-9-18-42(44)43-19-10-12-21-45(43)47/h6-12,16-21,24-27,38,46-52,55,66H,13-15,22-23,28-37H2,1-5H3,(H,60,69)(H,61,67)(H,62,71)(H,63,70)/t46-,48-,49-,50-,51+,52?,55+/m0/s1. The number of hydrogen-bond acceptors (Lipinski definition) is 13. The molecule has 0 saturated carbocycles. The monoisotopic (exact) mass is 1110 g/mol. The summed E-state index contributed by atoms with van der Waals surface area (Å²) in [6.45, 7) is 10.1. The van der Waals surface area contributed by atoms with Gasteiger partial charge in [-0.25, -0.2) is 22.8 Å². The second-order valence-electron chi connectivity index (χ2n) is 22.2. The molecule has 79 heavy (non-hydrogen) atoms. The van der Waals surface area contributed by atoms with E-state index in [2.05, 4.69) is 45.5 Å². The van der Waals surface area contributed by atoms with Crippen LogP contribution in [0.4, 0.5) is 14.4 Å². The summed E-state index contributed by atoms with van der Waals surface area (Å²) in [7, 11) is -4.19. The van der Waals surface area contributed by atoms with Gasteiger partial charge < -0.3 is 55.0 Å². The molecule has 7 atom stereocenters. The Morgan fingerprint density at radius 1 is 0.785 bits per heavy atom. The van der Waals surface area contributed by atoms with E-state index in [9.17, 15) is 37.5 Å². The first-order valence-electron chi connectivity index (χ1n) is 27.5. The number of nitrogens with one attached hydrogen (secondary N) is 4. The molecule has 3 aliphatic heterocycles. The molecule has 0 radical (unpaired) electrons. The Morgan fingerprint density at radius 3 is 2.15 bits per heavy atom. The number of sulfonamides is 1. The molecule has 5 amide bonds. The highest BCUT2D eigenvalue weighted by atomic mass is 32.2. The van der Waals surface area contributed by atoms with Gasteiger partial charge in [0.2, 0.25) is 21.8 Å². The summed E-state index contributed by atoms with van der Waals surface area (Å²) in [5, 5.41) is 23.0. The Balaban J connectivity index is 0.840. The van der Waals surface area contributed by atoms with Gasteiger partial charge in [-0.05, 0) is 117 Å². The van der Waals surface area contributed by atoms with Crippen molar-refractivity contribution in [3.05, 3.63) is 125 Å². The maximum absolute atomic E-state index is 14.4. The third-order valence-electron chi connectivity index (χ3n) is 14.7. The van der Waals surface area contributed by atoms with E-state index < -0.39 is 82.3 Å². The van der Waals surface area contributed by atoms with Crippen LogP contribution in [-0.4, -0.2) is 141 Å². The first-order valence-corrected chi connectivity index (χ1v) is 29.0. The van der Waals surface area contributed by atoms with E-state index in [0.717, 1.165) is 27.8 Å². The van der Waals surface area contributed by atoms with Crippen LogP contribution in [0.5, 0.6) is 0 Å². The molecule has 20 heteroatoms. The van der Waals surface area contributed by atoms with Gasteiger partial charge in [0.05, 0.1) is 36.2 Å². The predicted octanol–water partition coefficient (Wildman–Crippen LogP) is 7.00. The zero-order chi connectivity index (χ0) is 56.3. The van der Waals surface area contributed by atoms with E-state index in [1.165, 1.54) is 21.3 Å². The van der Waals surface area contributed by atoms with Crippen LogP contribution >= 0.6 is 0 Å². The third kappa shape index (κ3) is 15.4. The molecule has 4 aliphatic rings. The number of hydrogen-bond donors (Lipinski definition) is 5. The lowest BCUT2D eigenvalue weighted by molar-refractivity contribution is -0.140. The first kappa shape index (κ1) is 58.6. The quantitative estimate of drug-likeness (QED) is 0.0372. The molecule has 5 N–H and O–H groups in total. The predicted molar refractivity (Wildman–Crippen MR) is 294 cm³/mol. The molecule has 3 fully saturated rings. The Bertz CT molecular complexity index is 2800. The minimum absolute atomic E-state index is 0.0268. The van der Waals surface area contributed by atoms with E-state index in [-0.39, 0.29) is 74.9 Å². The van der Waals surface area contributed by atoms with Gasteiger partial charge in [0.25, 0.3) is 0 Å². The molecular weight excluding hydrogens is 1030 g/mol. The largest absolute Gasteiger partial charge is 0.449 e. The van der Waals surface area contributed by atoms with Gasteiger partial charge in [0.15, 0.2) is 6.29 Å². The van der Waals surface area contributed by atoms with Crippen molar-refractivity contribution in [2.75, 3.05) is 46.0 Å². The summed E-state index contributed by atoms with van der Waals surface area (Å²) in [5.74, 6) is -1.13. The van der Waals surface area contributed by atoms with E-state index in [4.69, 9.17) is 23.7 Å². The second-order valence-corrected chi connectivity index (χ2v) is 24.1. The fourth-order valence-corrected chi connectivity index (χ4v) is 12.4. The minimum atomic E-state index is -4.19. The number of carbonyl (C=O) groups excluding carboxylic acids is 5. The number of aliphatic hydroxyl groups excluding tert-OH is 1. The highest BCUT2D eigenvalue weighted by Gasteiger charge is 2.44. The van der Waals surface area contributed by atoms with Crippen molar-refractivity contribution in [3.63, 3.8) is 0 Å². The molecule has 1 aliphatic carbocycles. The number of alkyl carbamates (subject to hydrolysis) is 3. The maximum Gasteiger partial charge on any atom is 0.408 e. The fourth-order valence-electron chi connectivity index (χ4n) is 10.8. The highest BCUT2D eigenvalue weighted by Crippen LogP contribution is 2.44. The van der Waals surface area contributed by atoms with Crippen molar-refractivity contribution in [1.82, 2.24) is 30.5 Å². The zero-order valence-electron chi connectivity index (χ0n) is 45.8. The summed E-state index contributed by atoms with van der Waals surface area (Å²) < 4.78 is 58.1. The van der Waals surface area contributed by atoms with Crippen LogP contribution in [0.15, 0.2) is 108 Å². The summed E-state index contributed by atoms with van der Waals surface area (Å²) in [5.41, 5.74) is 5.07. The van der Waals surface area contributed by atoms with E-state index in [1.807, 2.05) is 68.4 Å². The molecule has 3 saturated heterocycles. The average molecular weight is 1110 g/mol. The SMILES string of the molecule is CC(C)CN(C[C@@H](O)[C@H](Cc1ccccc1)NC(=O)OC1CO[C@H]2OCC[C@@H]12)S(=O)(=O)c1ccc(CNC(=O)[C@@H]2CCCN2C(=O)[C@H](CCCCNC(=O)OCC2c3ccccc3-c3ccccc32)NC(=O)OC(C)(C)C)cc1. The number of aliphatic hydroxyl groups is 1. The van der Waals surface area contributed by atoms with Gasteiger partial charge in [-0.2, -0.15) is 4.31 Å². The van der Waals surface area contributed by atoms with Gasteiger partial charge in [-0.15, -0.1) is 0 Å². The number of carbonyl (C=O) groups is 5. The van der Waals surface area contributed by atoms with Crippen LogP contribution in [0.2, 0.25) is 0 Å². The van der Waals surface area contributed by atoms with Crippen LogP contribution < -0.4 is 21.3 Å². The molecule has 0 spiro atoms. The fraction of sp³-hybridized carbons (Fsp3) is 0.508. The van der Waals surface area contributed by atoms with Gasteiger partial charge in [-0.3, -0.25) is 9.59 Å². The number of fused-ring (bicyclic) bond motifs is 4. The van der Waals surface area contributed by atoms with Crippen LogP contribution in [0.3, 0.4) is 0 Å². The summed E-state index contributed by atoms with van der Waals surface area (Å²) >= 11 is 0. The van der Waals surface area contributed by atoms with Crippen molar-refractivity contribution in [1.29, 1.82) is 0 Å². The minimum Gasteiger partial charge on any atom is -0.449 e. The van der Waals surface area contributed by atoms with Crippen LogP contribution in [0.1, 0.15) is 101 Å². The second kappa shape index (κ2) is 26.6. The summed E-state index contributed by atoms with van der Waals surface area (Å²) in [6, 6.07) is 28.8. The van der Waals surface area contributed by atoms with Gasteiger partial charge in [0, 0.05) is 38.6 Å². The van der Waals surface area contributed by atoms with Gasteiger partial charge >= 0.3 is 18.3 Å². The Hall–Kier alpha value is -6.58. The zero-order valence-corrected chi connectivity index (χ0v) is 46.6. The molecule has 0 bridgehead atoms. The molecule has 19 nitrogen and oxygen atoms in total. The Morgan fingerprint density at radius 2 is 1.47 bits per heavy atom. The number of ether oxygens (including phenoxy) is 5. The lowest BCUT2D eigenvalue weighted by Crippen LogP contribution is -2.54. The topological polar surface area (TPSA) is 240 Å². The van der Waals surface area contributed by atoms with E-state index in [0.29, 0.717) is 50.8 Å². The first-order chi connectivity index (χ1) is 37.8. The van der Waals surface area contributed by atoms with E-state index >= 15 is 0 Å². The number of benzene rings is 4. The average Bonchev–Trinajstić information content (AvgIpc) is 4.46. The number of unbranched alkanes of at least 4 members (excludes halogenated alkanes) is 1. The van der Waals surface area contributed by atoms with E-state index in [1.54, 1.807) is 32.9 Å². The number of rotatable bonds is 23. The number of nitrogens with zero attached hydrogens (tertiary/aromatic N) is 2. The van der Waals surface area contributed by atoms with Gasteiger partial charge in [0.1, 0.15) is 30.4 Å². The van der Waals surface area contributed by atoms with Crippen LogP contribution in [0, 0.1) is 11.8 Å². The molecular formula is C59H76N6O13S. The molecule has 4 aromatic carbocycles. The number of amides is 5. The maximum atomic E-state index is 14.4. The van der Waals surface area contributed by atoms with Crippen molar-refractivity contribution < 1.29 is 61.2 Å². The highest BCUT2D eigenvalue weighted by molar-refractivity contribution is 7.89. The normalized spacial score (nSPS) is 19.9. The molecule has 426 valence electrons. The number of likely N-dealkylation sites (tertiary alicyclic amines) is 1. The van der Waals surface area contributed by atoms with Crippen molar-refractivity contribution >= 4 is 40.1 Å². The Kier molecular flexibility index (Phi) is 19.7. The van der Waals surface area contributed by atoms with Crippen molar-refractivity contribution in [3.8, 4) is 11.1 Å². The summed E-state index contributed by atoms with van der Waals surface area (Å²) in [4.78, 5) is 68.8. The molecule has 4 aromatic rings. The lowest BCUT2D eigenvalue weighted by Gasteiger charge is -2.31. The molecule has 1 unspecified atom stereocenters. The molecule has 8 rings (SSSR count). The third-order valence-corrected chi connectivity index (χ3v) is 16.5. The van der Waals surface area contributed by atoms with Crippen LogP contribution in [-0.2, 0) is 56.3 Å². The molecule has 3 heterocycles. The lowest BCUT2D eigenvalue weighted by atomic mass is 9.98. The molecule has 0 aromatic heterocycles.